The second kappa shape index (κ2) is 4.47. The quantitative estimate of drug-likeness (QED) is 0.806. The molecule has 0 heterocycles. The Hall–Kier alpha value is -0.220. The number of hydrogen-bond acceptors (Lipinski definition) is 3. The van der Waals surface area contributed by atoms with Gasteiger partial charge in [0.1, 0.15) is 5.25 Å². The van der Waals surface area contributed by atoms with Crippen molar-refractivity contribution >= 4 is 17.7 Å². The second-order valence-electron chi connectivity index (χ2n) is 6.09. The van der Waals surface area contributed by atoms with E-state index in [9.17, 15) is 4.79 Å². The number of aliphatic carboxylic acids is 1. The minimum Gasteiger partial charge on any atom is -0.480 e. The van der Waals surface area contributed by atoms with E-state index in [4.69, 9.17) is 10.8 Å². The van der Waals surface area contributed by atoms with Crippen molar-refractivity contribution in [3.63, 3.8) is 0 Å². The van der Waals surface area contributed by atoms with Crippen LogP contribution in [0.1, 0.15) is 32.1 Å². The topological polar surface area (TPSA) is 63.3 Å². The van der Waals surface area contributed by atoms with Crippen LogP contribution >= 0.6 is 11.8 Å². The fourth-order valence-electron chi connectivity index (χ4n) is 4.50. The van der Waals surface area contributed by atoms with Crippen LogP contribution in [0.3, 0.4) is 0 Å². The Bertz CT molecular complexity index is 293. The van der Waals surface area contributed by atoms with Crippen molar-refractivity contribution in [2.24, 2.45) is 29.4 Å². The standard InChI is InChI=1S/C13H21NO2S/c14-6-11(13(15)16)17-12-9-2-7-1-8(4-9)5-10(12)3-7/h7-12H,1-6,14H2,(H,15,16). The molecule has 0 amide bonds. The van der Waals surface area contributed by atoms with E-state index in [0.717, 1.165) is 23.7 Å². The van der Waals surface area contributed by atoms with E-state index in [1.807, 2.05) is 0 Å². The number of hydrogen-bond donors (Lipinski definition) is 2. The summed E-state index contributed by atoms with van der Waals surface area (Å²) < 4.78 is 0. The Balaban J connectivity index is 1.69. The first-order chi connectivity index (χ1) is 8.17. The van der Waals surface area contributed by atoms with Gasteiger partial charge < -0.3 is 10.8 Å². The molecule has 4 bridgehead atoms. The molecule has 0 aliphatic heterocycles. The Morgan fingerprint density at radius 1 is 1.18 bits per heavy atom. The Morgan fingerprint density at radius 3 is 2.12 bits per heavy atom. The number of nitrogens with two attached hydrogens (primary N) is 1. The Labute approximate surface area is 107 Å². The molecule has 4 rings (SSSR count). The van der Waals surface area contributed by atoms with E-state index in [2.05, 4.69) is 0 Å². The highest BCUT2D eigenvalue weighted by Crippen LogP contribution is 2.57. The van der Waals surface area contributed by atoms with Crippen molar-refractivity contribution in [2.45, 2.75) is 42.6 Å². The molecule has 0 radical (unpaired) electrons. The lowest BCUT2D eigenvalue weighted by Gasteiger charge is -2.54. The van der Waals surface area contributed by atoms with Crippen LogP contribution in [-0.2, 0) is 4.79 Å². The summed E-state index contributed by atoms with van der Waals surface area (Å²) in [7, 11) is 0. The maximum Gasteiger partial charge on any atom is 0.317 e. The summed E-state index contributed by atoms with van der Waals surface area (Å²) in [5.74, 6) is 2.74. The first-order valence-corrected chi connectivity index (χ1v) is 7.70. The molecular weight excluding hydrogens is 234 g/mol. The van der Waals surface area contributed by atoms with E-state index < -0.39 is 11.2 Å². The van der Waals surface area contributed by atoms with Gasteiger partial charge in [0.2, 0.25) is 0 Å². The molecule has 3 nitrogen and oxygen atoms in total. The SMILES string of the molecule is NCC(SC1C2CC3CC(C2)CC1C3)C(=O)O. The van der Waals surface area contributed by atoms with Crippen LogP contribution in [-0.4, -0.2) is 28.1 Å². The van der Waals surface area contributed by atoms with Gasteiger partial charge in [0.25, 0.3) is 0 Å². The van der Waals surface area contributed by atoms with E-state index >= 15 is 0 Å². The van der Waals surface area contributed by atoms with Crippen molar-refractivity contribution in [3.8, 4) is 0 Å². The zero-order chi connectivity index (χ0) is 12.0. The molecule has 4 fully saturated rings. The third-order valence-corrected chi connectivity index (χ3v) is 6.76. The highest BCUT2D eigenvalue weighted by atomic mass is 32.2. The third-order valence-electron chi connectivity index (χ3n) is 4.95. The first-order valence-electron chi connectivity index (χ1n) is 6.75. The summed E-state index contributed by atoms with van der Waals surface area (Å²) >= 11 is 1.66. The van der Waals surface area contributed by atoms with Gasteiger partial charge in [-0.2, -0.15) is 0 Å². The molecule has 4 saturated carbocycles. The van der Waals surface area contributed by atoms with E-state index in [-0.39, 0.29) is 6.54 Å². The van der Waals surface area contributed by atoms with Gasteiger partial charge in [-0.15, -0.1) is 11.8 Å². The Kier molecular flexibility index (Phi) is 3.11. The predicted octanol–water partition coefficient (Wildman–Crippen LogP) is 1.96. The van der Waals surface area contributed by atoms with Crippen LogP contribution < -0.4 is 5.73 Å². The maximum atomic E-state index is 11.1. The molecule has 0 spiro atoms. The van der Waals surface area contributed by atoms with Crippen LogP contribution in [0.25, 0.3) is 0 Å². The number of carbonyl (C=O) groups is 1. The summed E-state index contributed by atoms with van der Waals surface area (Å²) in [4.78, 5) is 11.1. The molecule has 4 heteroatoms. The highest BCUT2D eigenvalue weighted by molar-refractivity contribution is 8.01. The molecule has 0 aromatic rings. The summed E-state index contributed by atoms with van der Waals surface area (Å²) in [6.45, 7) is 0.267. The van der Waals surface area contributed by atoms with Crippen LogP contribution in [0.5, 0.6) is 0 Å². The lowest BCUT2D eigenvalue weighted by Crippen LogP contribution is -2.48. The molecule has 96 valence electrons. The molecule has 0 aromatic heterocycles. The normalized spacial score (nSPS) is 44.9. The van der Waals surface area contributed by atoms with Crippen LogP contribution in [0.2, 0.25) is 0 Å². The van der Waals surface area contributed by atoms with Gasteiger partial charge in [0, 0.05) is 11.8 Å². The smallest absolute Gasteiger partial charge is 0.317 e. The summed E-state index contributed by atoms with van der Waals surface area (Å²) in [5.41, 5.74) is 5.58. The predicted molar refractivity (Wildman–Crippen MR) is 68.9 cm³/mol. The summed E-state index contributed by atoms with van der Waals surface area (Å²) in [5, 5.41) is 9.31. The number of carboxylic acids is 1. The zero-order valence-electron chi connectivity index (χ0n) is 10.0. The number of thioether (sulfide) groups is 1. The van der Waals surface area contributed by atoms with Gasteiger partial charge >= 0.3 is 5.97 Å². The third kappa shape index (κ3) is 2.10. The molecule has 4 aliphatic rings. The molecule has 0 saturated heterocycles. The zero-order valence-corrected chi connectivity index (χ0v) is 10.9. The molecule has 0 aromatic carbocycles. The average molecular weight is 255 g/mol. The molecule has 3 N–H and O–H groups in total. The van der Waals surface area contributed by atoms with Gasteiger partial charge in [-0.1, -0.05) is 0 Å². The van der Waals surface area contributed by atoms with Gasteiger partial charge in [-0.05, 0) is 55.8 Å². The van der Waals surface area contributed by atoms with Gasteiger partial charge in [-0.3, -0.25) is 4.79 Å². The van der Waals surface area contributed by atoms with E-state index in [1.165, 1.54) is 32.1 Å². The molecule has 17 heavy (non-hydrogen) atoms. The van der Waals surface area contributed by atoms with Crippen LogP contribution in [0, 0.1) is 23.7 Å². The second-order valence-corrected chi connectivity index (χ2v) is 7.48. The average Bonchev–Trinajstić information content (AvgIpc) is 2.27. The van der Waals surface area contributed by atoms with Crippen molar-refractivity contribution in [1.29, 1.82) is 0 Å². The molecule has 4 aliphatic carbocycles. The first kappa shape index (κ1) is 11.8. The van der Waals surface area contributed by atoms with Crippen molar-refractivity contribution in [3.05, 3.63) is 0 Å². The number of rotatable bonds is 4. The van der Waals surface area contributed by atoms with Crippen molar-refractivity contribution < 1.29 is 9.90 Å². The Morgan fingerprint density at radius 2 is 1.71 bits per heavy atom. The largest absolute Gasteiger partial charge is 0.480 e. The molecule has 1 unspecified atom stereocenters. The fraction of sp³-hybridized carbons (Fsp3) is 0.923. The monoisotopic (exact) mass is 255 g/mol. The maximum absolute atomic E-state index is 11.1. The minimum absolute atomic E-state index is 0.267. The van der Waals surface area contributed by atoms with Crippen molar-refractivity contribution in [1.82, 2.24) is 0 Å². The molecule has 1 atom stereocenters. The van der Waals surface area contributed by atoms with Gasteiger partial charge in [0.15, 0.2) is 0 Å². The lowest BCUT2D eigenvalue weighted by molar-refractivity contribution is -0.136. The summed E-state index contributed by atoms with van der Waals surface area (Å²) in [6, 6.07) is 0. The number of carboxylic acid groups (broad SMARTS) is 1. The van der Waals surface area contributed by atoms with Crippen LogP contribution in [0.4, 0.5) is 0 Å². The van der Waals surface area contributed by atoms with Gasteiger partial charge in [-0.25, -0.2) is 0 Å². The lowest BCUT2D eigenvalue weighted by atomic mass is 9.56. The van der Waals surface area contributed by atoms with E-state index in [0.29, 0.717) is 5.25 Å². The molecular formula is C13H21NO2S. The summed E-state index contributed by atoms with van der Waals surface area (Å²) in [6.07, 6.45) is 6.84. The van der Waals surface area contributed by atoms with Crippen LogP contribution in [0.15, 0.2) is 0 Å². The minimum atomic E-state index is -0.730. The van der Waals surface area contributed by atoms with E-state index in [1.54, 1.807) is 11.8 Å². The van der Waals surface area contributed by atoms with Gasteiger partial charge in [0.05, 0.1) is 0 Å². The fourth-order valence-corrected chi connectivity index (χ4v) is 6.00. The van der Waals surface area contributed by atoms with Crippen molar-refractivity contribution in [2.75, 3.05) is 6.54 Å². The highest BCUT2D eigenvalue weighted by Gasteiger charge is 2.49.